The molecule has 0 bridgehead atoms. The molecule has 0 fully saturated rings. The number of rotatable bonds is 8. The van der Waals surface area contributed by atoms with Gasteiger partial charge in [-0.3, -0.25) is 0 Å². The van der Waals surface area contributed by atoms with Crippen molar-refractivity contribution in [3.05, 3.63) is 12.7 Å². The monoisotopic (exact) mass is 185 g/mol. The zero-order valence-corrected chi connectivity index (χ0v) is 9.18. The fourth-order valence-electron chi connectivity index (χ4n) is 1.01. The summed E-state index contributed by atoms with van der Waals surface area (Å²) in [6, 6.07) is 0.539. The molecule has 0 saturated carbocycles. The van der Waals surface area contributed by atoms with Crippen LogP contribution in [0.15, 0.2) is 12.7 Å². The smallest absolute Gasteiger partial charge is 0.0697 e. The molecule has 0 aromatic carbocycles. The van der Waals surface area contributed by atoms with E-state index in [0.717, 1.165) is 26.0 Å². The van der Waals surface area contributed by atoms with Gasteiger partial charge in [0, 0.05) is 12.6 Å². The predicted octanol–water partition coefficient (Wildman–Crippen LogP) is 2.36. The lowest BCUT2D eigenvalue weighted by Crippen LogP contribution is -2.33. The Morgan fingerprint density at radius 2 is 2.15 bits per heavy atom. The quantitative estimate of drug-likeness (QED) is 0.463. The summed E-state index contributed by atoms with van der Waals surface area (Å²) < 4.78 is 5.65. The SMILES string of the molecule is C=CCCOC(CC)CNC(C)C. The van der Waals surface area contributed by atoms with Crippen LogP contribution >= 0.6 is 0 Å². The summed E-state index contributed by atoms with van der Waals surface area (Å²) in [5.41, 5.74) is 0. The third-order valence-electron chi connectivity index (χ3n) is 1.88. The number of ether oxygens (including phenoxy) is 1. The molecule has 0 heterocycles. The lowest BCUT2D eigenvalue weighted by molar-refractivity contribution is 0.0527. The van der Waals surface area contributed by atoms with Crippen molar-refractivity contribution in [2.24, 2.45) is 0 Å². The van der Waals surface area contributed by atoms with Crippen LogP contribution in [0.1, 0.15) is 33.6 Å². The minimum Gasteiger partial charge on any atom is -0.377 e. The van der Waals surface area contributed by atoms with Crippen molar-refractivity contribution in [1.82, 2.24) is 5.32 Å². The molecule has 0 aliphatic heterocycles. The second-order valence-corrected chi connectivity index (χ2v) is 3.54. The summed E-state index contributed by atoms with van der Waals surface area (Å²) in [5.74, 6) is 0. The van der Waals surface area contributed by atoms with Crippen molar-refractivity contribution in [3.63, 3.8) is 0 Å². The average Bonchev–Trinajstić information content (AvgIpc) is 2.10. The van der Waals surface area contributed by atoms with Crippen LogP contribution in [0.4, 0.5) is 0 Å². The fourth-order valence-corrected chi connectivity index (χ4v) is 1.01. The number of hydrogen-bond acceptors (Lipinski definition) is 2. The third-order valence-corrected chi connectivity index (χ3v) is 1.88. The van der Waals surface area contributed by atoms with Crippen LogP contribution in [0.25, 0.3) is 0 Å². The van der Waals surface area contributed by atoms with E-state index in [1.807, 2.05) is 6.08 Å². The molecule has 1 atom stereocenters. The Labute approximate surface area is 82.4 Å². The van der Waals surface area contributed by atoms with Gasteiger partial charge in [-0.25, -0.2) is 0 Å². The second kappa shape index (κ2) is 8.27. The highest BCUT2D eigenvalue weighted by molar-refractivity contribution is 4.67. The van der Waals surface area contributed by atoms with Crippen molar-refractivity contribution in [1.29, 1.82) is 0 Å². The lowest BCUT2D eigenvalue weighted by Gasteiger charge is -2.17. The number of nitrogens with one attached hydrogen (secondary N) is 1. The van der Waals surface area contributed by atoms with Crippen molar-refractivity contribution < 1.29 is 4.74 Å². The molecule has 13 heavy (non-hydrogen) atoms. The zero-order valence-electron chi connectivity index (χ0n) is 9.18. The zero-order chi connectivity index (χ0) is 10.1. The standard InChI is InChI=1S/C11H23NO/c1-5-7-8-13-11(6-2)9-12-10(3)4/h5,10-12H,1,6-9H2,2-4H3. The van der Waals surface area contributed by atoms with Crippen LogP contribution in [0, 0.1) is 0 Å². The van der Waals surface area contributed by atoms with E-state index < -0.39 is 0 Å². The molecule has 0 aromatic heterocycles. The van der Waals surface area contributed by atoms with Gasteiger partial charge in [0.05, 0.1) is 12.7 Å². The molecule has 0 amide bonds. The van der Waals surface area contributed by atoms with Crippen molar-refractivity contribution in [3.8, 4) is 0 Å². The van der Waals surface area contributed by atoms with Crippen LogP contribution in [0.5, 0.6) is 0 Å². The van der Waals surface area contributed by atoms with Gasteiger partial charge < -0.3 is 10.1 Å². The van der Waals surface area contributed by atoms with E-state index in [-0.39, 0.29) is 0 Å². The third kappa shape index (κ3) is 8.00. The van der Waals surface area contributed by atoms with Gasteiger partial charge in [-0.1, -0.05) is 26.8 Å². The minimum atomic E-state index is 0.349. The Morgan fingerprint density at radius 3 is 2.62 bits per heavy atom. The van der Waals surface area contributed by atoms with E-state index >= 15 is 0 Å². The fraction of sp³-hybridized carbons (Fsp3) is 0.818. The first-order valence-electron chi connectivity index (χ1n) is 5.16. The highest BCUT2D eigenvalue weighted by Crippen LogP contribution is 1.98. The topological polar surface area (TPSA) is 21.3 Å². The van der Waals surface area contributed by atoms with Crippen molar-refractivity contribution in [2.75, 3.05) is 13.2 Å². The molecule has 0 radical (unpaired) electrons. The maximum Gasteiger partial charge on any atom is 0.0697 e. The second-order valence-electron chi connectivity index (χ2n) is 3.54. The van der Waals surface area contributed by atoms with Crippen LogP contribution < -0.4 is 5.32 Å². The van der Waals surface area contributed by atoms with Gasteiger partial charge in [-0.05, 0) is 12.8 Å². The lowest BCUT2D eigenvalue weighted by atomic mass is 10.2. The van der Waals surface area contributed by atoms with Gasteiger partial charge >= 0.3 is 0 Å². The molecule has 0 aliphatic rings. The molecule has 0 saturated heterocycles. The Balaban J connectivity index is 3.44. The summed E-state index contributed by atoms with van der Waals surface area (Å²) in [5, 5.41) is 3.37. The van der Waals surface area contributed by atoms with Crippen LogP contribution in [-0.2, 0) is 4.74 Å². The Morgan fingerprint density at radius 1 is 1.46 bits per heavy atom. The van der Waals surface area contributed by atoms with Crippen molar-refractivity contribution >= 4 is 0 Å². The molecule has 0 spiro atoms. The summed E-state index contributed by atoms with van der Waals surface area (Å²) in [6.45, 7) is 11.9. The van der Waals surface area contributed by atoms with E-state index in [9.17, 15) is 0 Å². The Kier molecular flexibility index (Phi) is 8.05. The van der Waals surface area contributed by atoms with Gasteiger partial charge in [0.1, 0.15) is 0 Å². The van der Waals surface area contributed by atoms with Gasteiger partial charge in [0.25, 0.3) is 0 Å². The molecule has 0 aromatic rings. The first kappa shape index (κ1) is 12.7. The first-order valence-corrected chi connectivity index (χ1v) is 5.16. The molecule has 1 unspecified atom stereocenters. The summed E-state index contributed by atoms with van der Waals surface area (Å²) in [7, 11) is 0. The molecule has 0 rings (SSSR count). The van der Waals surface area contributed by atoms with Gasteiger partial charge in [-0.15, -0.1) is 6.58 Å². The van der Waals surface area contributed by atoms with E-state index in [4.69, 9.17) is 4.74 Å². The van der Waals surface area contributed by atoms with Gasteiger partial charge in [0.15, 0.2) is 0 Å². The molecule has 0 aliphatic carbocycles. The van der Waals surface area contributed by atoms with E-state index in [0.29, 0.717) is 12.1 Å². The molecule has 2 nitrogen and oxygen atoms in total. The highest BCUT2D eigenvalue weighted by atomic mass is 16.5. The molecule has 2 heteroatoms. The van der Waals surface area contributed by atoms with Gasteiger partial charge in [0.2, 0.25) is 0 Å². The highest BCUT2D eigenvalue weighted by Gasteiger charge is 2.05. The average molecular weight is 185 g/mol. The summed E-state index contributed by atoms with van der Waals surface area (Å²) in [6.07, 6.45) is 4.25. The maximum absolute atomic E-state index is 5.65. The minimum absolute atomic E-state index is 0.349. The number of hydrogen-bond donors (Lipinski definition) is 1. The Bertz CT molecular complexity index is 123. The van der Waals surface area contributed by atoms with Crippen LogP contribution in [0.3, 0.4) is 0 Å². The largest absolute Gasteiger partial charge is 0.377 e. The predicted molar refractivity (Wildman–Crippen MR) is 58.0 cm³/mol. The molecule has 1 N–H and O–H groups in total. The van der Waals surface area contributed by atoms with E-state index in [2.05, 4.69) is 32.7 Å². The Hall–Kier alpha value is -0.340. The van der Waals surface area contributed by atoms with E-state index in [1.54, 1.807) is 0 Å². The summed E-state index contributed by atoms with van der Waals surface area (Å²) in [4.78, 5) is 0. The van der Waals surface area contributed by atoms with Crippen LogP contribution in [0.2, 0.25) is 0 Å². The summed E-state index contributed by atoms with van der Waals surface area (Å²) >= 11 is 0. The van der Waals surface area contributed by atoms with Crippen molar-refractivity contribution in [2.45, 2.75) is 45.8 Å². The first-order chi connectivity index (χ1) is 6.20. The molecular formula is C11H23NO. The van der Waals surface area contributed by atoms with Gasteiger partial charge in [-0.2, -0.15) is 0 Å². The van der Waals surface area contributed by atoms with Crippen LogP contribution in [-0.4, -0.2) is 25.3 Å². The maximum atomic E-state index is 5.65. The molecular weight excluding hydrogens is 162 g/mol. The van der Waals surface area contributed by atoms with E-state index in [1.165, 1.54) is 0 Å². The normalized spacial score (nSPS) is 13.2. The molecule has 78 valence electrons.